The molecule has 0 spiro atoms. The summed E-state index contributed by atoms with van der Waals surface area (Å²) in [5.41, 5.74) is 7.57. The van der Waals surface area contributed by atoms with E-state index < -0.39 is 17.2 Å². The molecule has 3 heterocycles. The molecule has 0 atom stereocenters. The molecule has 0 radical (unpaired) electrons. The van der Waals surface area contributed by atoms with Crippen LogP contribution in [0.15, 0.2) is 65.8 Å². The van der Waals surface area contributed by atoms with Crippen LogP contribution in [0.2, 0.25) is 0 Å². The number of hydrogen-bond donors (Lipinski definition) is 2. The van der Waals surface area contributed by atoms with E-state index in [2.05, 4.69) is 43.2 Å². The lowest BCUT2D eigenvalue weighted by molar-refractivity contribution is 0.621. The summed E-state index contributed by atoms with van der Waals surface area (Å²) in [6.45, 7) is 1.93. The van der Waals surface area contributed by atoms with Gasteiger partial charge in [0.1, 0.15) is 52.2 Å². The number of nitrogen functional groups attached to an aromatic ring is 1. The number of hydrogen-bond acceptors (Lipinski definition) is 8. The fourth-order valence-electron chi connectivity index (χ4n) is 4.13. The number of nitriles is 1. The zero-order valence-corrected chi connectivity index (χ0v) is 21.1. The summed E-state index contributed by atoms with van der Waals surface area (Å²) in [5, 5.41) is 12.7. The number of rotatable bonds is 5. The Labute approximate surface area is 227 Å². The molecule has 0 saturated heterocycles. The van der Waals surface area contributed by atoms with Crippen molar-refractivity contribution in [1.29, 1.82) is 5.26 Å². The van der Waals surface area contributed by atoms with Gasteiger partial charge in [-0.15, -0.1) is 0 Å². The van der Waals surface area contributed by atoms with Gasteiger partial charge in [-0.3, -0.25) is 9.36 Å². The molecule has 5 aromatic rings. The summed E-state index contributed by atoms with van der Waals surface area (Å²) < 4.78 is 29.3. The molecular formula is C29H20F2N8O. The van der Waals surface area contributed by atoms with Crippen molar-refractivity contribution in [1.82, 2.24) is 24.5 Å². The molecule has 0 unspecified atom stereocenters. The predicted octanol–water partition coefficient (Wildman–Crippen LogP) is 3.67. The number of nitrogens with zero attached hydrogens (tertiary/aromatic N) is 6. The van der Waals surface area contributed by atoms with Gasteiger partial charge < -0.3 is 11.1 Å². The Bertz CT molecular complexity index is 1920. The first-order chi connectivity index (χ1) is 19.4. The number of aryl methyl sites for hydroxylation is 1. The normalized spacial score (nSPS) is 10.6. The molecule has 9 nitrogen and oxygen atoms in total. The maximum atomic E-state index is 14.8. The van der Waals surface area contributed by atoms with Crippen LogP contribution in [0, 0.1) is 41.7 Å². The second kappa shape index (κ2) is 11.0. The molecule has 0 aliphatic heterocycles. The fourth-order valence-corrected chi connectivity index (χ4v) is 4.13. The largest absolute Gasteiger partial charge is 0.382 e. The molecule has 196 valence electrons. The van der Waals surface area contributed by atoms with Gasteiger partial charge in [0.2, 0.25) is 0 Å². The number of halogens is 2. The number of aromatic nitrogens is 5. The number of fused-ring (bicyclic) bond motifs is 1. The molecule has 3 aromatic heterocycles. The molecule has 0 saturated carbocycles. The molecule has 0 bridgehead atoms. The molecule has 0 aliphatic carbocycles. The second-order valence-corrected chi connectivity index (χ2v) is 8.69. The quantitative estimate of drug-likeness (QED) is 0.326. The summed E-state index contributed by atoms with van der Waals surface area (Å²) in [6, 6.07) is 14.1. The third-order valence-corrected chi connectivity index (χ3v) is 6.05. The lowest BCUT2D eigenvalue weighted by atomic mass is 10.1. The zero-order valence-electron chi connectivity index (χ0n) is 21.1. The minimum atomic E-state index is -0.611. The van der Waals surface area contributed by atoms with Crippen LogP contribution in [-0.2, 0) is 6.42 Å². The van der Waals surface area contributed by atoms with Crippen LogP contribution in [0.4, 0.5) is 20.4 Å². The summed E-state index contributed by atoms with van der Waals surface area (Å²) >= 11 is 0. The second-order valence-electron chi connectivity index (χ2n) is 8.69. The Balaban J connectivity index is 1.51. The highest BCUT2D eigenvalue weighted by molar-refractivity contribution is 5.82. The average molecular weight is 535 g/mol. The lowest BCUT2D eigenvalue weighted by Crippen LogP contribution is -2.26. The van der Waals surface area contributed by atoms with E-state index in [-0.39, 0.29) is 35.5 Å². The molecule has 5 rings (SSSR count). The van der Waals surface area contributed by atoms with Crippen LogP contribution in [-0.4, -0.2) is 31.0 Å². The molecule has 40 heavy (non-hydrogen) atoms. The summed E-state index contributed by atoms with van der Waals surface area (Å²) in [4.78, 5) is 30.3. The van der Waals surface area contributed by atoms with Crippen LogP contribution in [0.3, 0.4) is 0 Å². The van der Waals surface area contributed by atoms with E-state index in [4.69, 9.17) is 5.73 Å². The fraction of sp³-hybridized carbons (Fsp3) is 0.103. The van der Waals surface area contributed by atoms with E-state index in [1.165, 1.54) is 35.2 Å². The van der Waals surface area contributed by atoms with Gasteiger partial charge in [-0.2, -0.15) is 5.26 Å². The Kier molecular flexibility index (Phi) is 7.12. The SMILES string of the molecule is Cc1ccc(F)c2nc(CCNc3ncnc(N)c3C#Cc3ccc(F)cn3)n(-c3cccc(C#N)c3)c(=O)c12. The van der Waals surface area contributed by atoms with Crippen molar-refractivity contribution >= 4 is 22.5 Å². The third-order valence-electron chi connectivity index (χ3n) is 6.05. The van der Waals surface area contributed by atoms with Crippen LogP contribution < -0.4 is 16.6 Å². The molecule has 11 heteroatoms. The maximum Gasteiger partial charge on any atom is 0.266 e. The number of benzene rings is 2. The van der Waals surface area contributed by atoms with Crippen molar-refractivity contribution in [3.05, 3.63) is 111 Å². The van der Waals surface area contributed by atoms with Crippen LogP contribution in [0.1, 0.15) is 28.2 Å². The zero-order chi connectivity index (χ0) is 28.2. The van der Waals surface area contributed by atoms with Gasteiger partial charge in [0.05, 0.1) is 28.9 Å². The highest BCUT2D eigenvalue weighted by Gasteiger charge is 2.18. The summed E-state index contributed by atoms with van der Waals surface area (Å²) in [5.74, 6) is 5.30. The number of anilines is 2. The van der Waals surface area contributed by atoms with Gasteiger partial charge in [0.15, 0.2) is 0 Å². The Morgan fingerprint density at radius 1 is 1.07 bits per heavy atom. The third kappa shape index (κ3) is 5.17. The van der Waals surface area contributed by atoms with Crippen molar-refractivity contribution < 1.29 is 8.78 Å². The number of nitrogens with two attached hydrogens (primary N) is 1. The van der Waals surface area contributed by atoms with Crippen molar-refractivity contribution in [3.8, 4) is 23.6 Å². The summed E-state index contributed by atoms with van der Waals surface area (Å²) in [7, 11) is 0. The average Bonchev–Trinajstić information content (AvgIpc) is 2.95. The van der Waals surface area contributed by atoms with Gasteiger partial charge >= 0.3 is 0 Å². The Morgan fingerprint density at radius 2 is 1.93 bits per heavy atom. The van der Waals surface area contributed by atoms with Crippen LogP contribution >= 0.6 is 0 Å². The van der Waals surface area contributed by atoms with Crippen LogP contribution in [0.5, 0.6) is 0 Å². The first-order valence-electron chi connectivity index (χ1n) is 12.0. The van der Waals surface area contributed by atoms with Crippen molar-refractivity contribution in [2.45, 2.75) is 13.3 Å². The monoisotopic (exact) mass is 534 g/mol. The smallest absolute Gasteiger partial charge is 0.266 e. The molecule has 0 aliphatic rings. The van der Waals surface area contributed by atoms with Gasteiger partial charge in [0.25, 0.3) is 5.56 Å². The first-order valence-corrected chi connectivity index (χ1v) is 12.0. The highest BCUT2D eigenvalue weighted by atomic mass is 19.1. The topological polar surface area (TPSA) is 135 Å². The first kappa shape index (κ1) is 25.9. The molecule has 0 amide bonds. The minimum Gasteiger partial charge on any atom is -0.382 e. The highest BCUT2D eigenvalue weighted by Crippen LogP contribution is 2.21. The Morgan fingerprint density at radius 3 is 2.70 bits per heavy atom. The van der Waals surface area contributed by atoms with Gasteiger partial charge in [-0.25, -0.2) is 28.7 Å². The molecular weight excluding hydrogens is 514 g/mol. The number of pyridine rings is 1. The van der Waals surface area contributed by atoms with Gasteiger partial charge in [-0.1, -0.05) is 18.1 Å². The van der Waals surface area contributed by atoms with Crippen LogP contribution in [0.25, 0.3) is 16.6 Å². The van der Waals surface area contributed by atoms with E-state index in [1.807, 2.05) is 0 Å². The van der Waals surface area contributed by atoms with E-state index >= 15 is 0 Å². The van der Waals surface area contributed by atoms with Crippen molar-refractivity contribution in [2.24, 2.45) is 0 Å². The van der Waals surface area contributed by atoms with E-state index in [9.17, 15) is 18.8 Å². The molecule has 2 aromatic carbocycles. The standard InChI is InChI=1S/C29H20F2N8O/c1-17-5-10-23(31)26-25(17)29(40)39(21-4-2-3-18(13-21)14-32)24(38-26)11-12-34-28-22(27(33)36-16-37-28)9-8-20-7-6-19(30)15-35-20/h2-7,10,13,15-16H,11-12H2,1H3,(H3,33,34,36,37). The van der Waals surface area contributed by atoms with E-state index in [0.717, 1.165) is 6.20 Å². The predicted molar refractivity (Wildman–Crippen MR) is 146 cm³/mol. The van der Waals surface area contributed by atoms with Gasteiger partial charge in [-0.05, 0) is 54.8 Å². The maximum absolute atomic E-state index is 14.8. The van der Waals surface area contributed by atoms with Crippen molar-refractivity contribution in [3.63, 3.8) is 0 Å². The molecule has 0 fully saturated rings. The Hall–Kier alpha value is -5.68. The van der Waals surface area contributed by atoms with Crippen molar-refractivity contribution in [2.75, 3.05) is 17.6 Å². The van der Waals surface area contributed by atoms with E-state index in [0.29, 0.717) is 33.9 Å². The summed E-state index contributed by atoms with van der Waals surface area (Å²) in [6.07, 6.45) is 2.50. The minimum absolute atomic E-state index is 0.0303. The molecule has 3 N–H and O–H groups in total. The lowest BCUT2D eigenvalue weighted by Gasteiger charge is -2.16. The number of nitrogens with one attached hydrogen (secondary N) is 1. The van der Waals surface area contributed by atoms with E-state index in [1.54, 1.807) is 31.2 Å². The van der Waals surface area contributed by atoms with Gasteiger partial charge in [0, 0.05) is 13.0 Å².